The second-order valence-corrected chi connectivity index (χ2v) is 5.62. The van der Waals surface area contributed by atoms with Gasteiger partial charge in [0.1, 0.15) is 12.1 Å². The van der Waals surface area contributed by atoms with Gasteiger partial charge in [0.2, 0.25) is 0 Å². The minimum absolute atomic E-state index is 0.173. The van der Waals surface area contributed by atoms with Gasteiger partial charge in [-0.25, -0.2) is 9.97 Å². The van der Waals surface area contributed by atoms with Crippen molar-refractivity contribution in [1.29, 1.82) is 0 Å². The van der Waals surface area contributed by atoms with Crippen LogP contribution in [0.15, 0.2) is 42.7 Å². The monoisotopic (exact) mass is 311 g/mol. The number of hydrogen-bond donors (Lipinski definition) is 1. The van der Waals surface area contributed by atoms with Crippen LogP contribution in [-0.2, 0) is 6.54 Å². The zero-order valence-electron chi connectivity index (χ0n) is 13.1. The van der Waals surface area contributed by atoms with E-state index in [1.54, 1.807) is 6.33 Å². The summed E-state index contributed by atoms with van der Waals surface area (Å²) >= 11 is 0. The van der Waals surface area contributed by atoms with E-state index in [0.29, 0.717) is 13.1 Å². The highest BCUT2D eigenvalue weighted by molar-refractivity contribution is 5.97. The number of anilines is 1. The van der Waals surface area contributed by atoms with E-state index in [-0.39, 0.29) is 5.78 Å². The molecule has 0 atom stereocenters. The molecule has 6 heteroatoms. The van der Waals surface area contributed by atoms with Crippen LogP contribution < -0.4 is 10.6 Å². The van der Waals surface area contributed by atoms with Gasteiger partial charge in [-0.1, -0.05) is 30.3 Å². The third-order valence-corrected chi connectivity index (χ3v) is 4.08. The van der Waals surface area contributed by atoms with Crippen LogP contribution in [0.1, 0.15) is 16.1 Å². The average Bonchev–Trinajstić information content (AvgIpc) is 2.63. The van der Waals surface area contributed by atoms with Crippen molar-refractivity contribution in [3.8, 4) is 0 Å². The van der Waals surface area contributed by atoms with Gasteiger partial charge in [0, 0.05) is 44.4 Å². The maximum absolute atomic E-state index is 12.3. The predicted molar refractivity (Wildman–Crippen MR) is 89.3 cm³/mol. The summed E-state index contributed by atoms with van der Waals surface area (Å²) in [6.45, 7) is 4.28. The number of benzene rings is 1. The SMILES string of the molecule is NCc1cc(N2CCN(CC(=O)c3ccccc3)CC2)ncn1. The summed E-state index contributed by atoms with van der Waals surface area (Å²) in [4.78, 5) is 25.1. The molecular formula is C17H21N5O. The van der Waals surface area contributed by atoms with Gasteiger partial charge in [-0.3, -0.25) is 9.69 Å². The minimum Gasteiger partial charge on any atom is -0.354 e. The number of aromatic nitrogens is 2. The maximum Gasteiger partial charge on any atom is 0.176 e. The fourth-order valence-electron chi connectivity index (χ4n) is 2.72. The number of rotatable bonds is 5. The Morgan fingerprint density at radius 2 is 1.83 bits per heavy atom. The summed E-state index contributed by atoms with van der Waals surface area (Å²) in [6.07, 6.45) is 1.56. The van der Waals surface area contributed by atoms with Crippen molar-refractivity contribution in [2.45, 2.75) is 6.54 Å². The van der Waals surface area contributed by atoms with Crippen molar-refractivity contribution in [2.75, 3.05) is 37.6 Å². The van der Waals surface area contributed by atoms with Crippen molar-refractivity contribution in [3.63, 3.8) is 0 Å². The van der Waals surface area contributed by atoms with Gasteiger partial charge in [0.05, 0.1) is 12.2 Å². The highest BCUT2D eigenvalue weighted by Gasteiger charge is 2.20. The van der Waals surface area contributed by atoms with Crippen LogP contribution >= 0.6 is 0 Å². The van der Waals surface area contributed by atoms with Crippen molar-refractivity contribution in [3.05, 3.63) is 54.0 Å². The number of nitrogens with zero attached hydrogens (tertiary/aromatic N) is 4. The fraction of sp³-hybridized carbons (Fsp3) is 0.353. The van der Waals surface area contributed by atoms with Gasteiger partial charge >= 0.3 is 0 Å². The van der Waals surface area contributed by atoms with Crippen molar-refractivity contribution in [2.24, 2.45) is 5.73 Å². The first-order valence-corrected chi connectivity index (χ1v) is 7.83. The van der Waals surface area contributed by atoms with E-state index in [4.69, 9.17) is 5.73 Å². The standard InChI is InChI=1S/C17H21N5O/c18-11-15-10-17(20-13-19-15)22-8-6-21(7-9-22)12-16(23)14-4-2-1-3-5-14/h1-5,10,13H,6-9,11-12,18H2. The molecule has 2 heterocycles. The molecular weight excluding hydrogens is 290 g/mol. The minimum atomic E-state index is 0.173. The molecule has 1 aliphatic heterocycles. The van der Waals surface area contributed by atoms with Crippen LogP contribution in [0.25, 0.3) is 0 Å². The first-order valence-electron chi connectivity index (χ1n) is 7.83. The third-order valence-electron chi connectivity index (χ3n) is 4.08. The quantitative estimate of drug-likeness (QED) is 0.828. The molecule has 0 aliphatic carbocycles. The second-order valence-electron chi connectivity index (χ2n) is 5.62. The Kier molecular flexibility index (Phi) is 4.95. The number of piperazine rings is 1. The average molecular weight is 311 g/mol. The first-order chi connectivity index (χ1) is 11.3. The molecule has 23 heavy (non-hydrogen) atoms. The molecule has 0 radical (unpaired) electrons. The summed E-state index contributed by atoms with van der Waals surface area (Å²) < 4.78 is 0. The molecule has 1 aliphatic rings. The Morgan fingerprint density at radius 3 is 2.52 bits per heavy atom. The molecule has 120 valence electrons. The van der Waals surface area contributed by atoms with Crippen LogP contribution in [-0.4, -0.2) is 53.4 Å². The lowest BCUT2D eigenvalue weighted by Crippen LogP contribution is -2.48. The smallest absolute Gasteiger partial charge is 0.176 e. The van der Waals surface area contributed by atoms with Crippen molar-refractivity contribution < 1.29 is 4.79 Å². The Hall–Kier alpha value is -2.31. The van der Waals surface area contributed by atoms with Gasteiger partial charge < -0.3 is 10.6 Å². The maximum atomic E-state index is 12.3. The van der Waals surface area contributed by atoms with Crippen molar-refractivity contribution >= 4 is 11.6 Å². The second kappa shape index (κ2) is 7.30. The largest absolute Gasteiger partial charge is 0.354 e. The molecule has 2 N–H and O–H groups in total. The van der Waals surface area contributed by atoms with Crippen LogP contribution in [0.3, 0.4) is 0 Å². The number of ketones is 1. The predicted octanol–water partition coefficient (Wildman–Crippen LogP) is 0.940. The van der Waals surface area contributed by atoms with E-state index in [9.17, 15) is 4.79 Å². The lowest BCUT2D eigenvalue weighted by molar-refractivity contribution is 0.0926. The Balaban J connectivity index is 1.55. The summed E-state index contributed by atoms with van der Waals surface area (Å²) in [7, 11) is 0. The van der Waals surface area contributed by atoms with Gasteiger partial charge in [0.15, 0.2) is 5.78 Å². The highest BCUT2D eigenvalue weighted by atomic mass is 16.1. The van der Waals surface area contributed by atoms with E-state index in [1.165, 1.54) is 0 Å². The van der Waals surface area contributed by atoms with Crippen LogP contribution in [0.2, 0.25) is 0 Å². The number of Topliss-reactive ketones (excluding diaryl/α,β-unsaturated/α-hetero) is 1. The van der Waals surface area contributed by atoms with E-state index in [1.807, 2.05) is 36.4 Å². The number of carbonyl (C=O) groups excluding carboxylic acids is 1. The number of hydrogen-bond acceptors (Lipinski definition) is 6. The molecule has 6 nitrogen and oxygen atoms in total. The Labute approximate surface area is 135 Å². The van der Waals surface area contributed by atoms with E-state index in [2.05, 4.69) is 19.8 Å². The third kappa shape index (κ3) is 3.91. The summed E-state index contributed by atoms with van der Waals surface area (Å²) in [6, 6.07) is 11.4. The van der Waals surface area contributed by atoms with Crippen LogP contribution in [0, 0.1) is 0 Å². The molecule has 1 fully saturated rings. The molecule has 0 amide bonds. The van der Waals surface area contributed by atoms with Gasteiger partial charge in [-0.05, 0) is 0 Å². The molecule has 0 saturated carbocycles. The molecule has 0 unspecified atom stereocenters. The highest BCUT2D eigenvalue weighted by Crippen LogP contribution is 2.14. The number of carbonyl (C=O) groups is 1. The molecule has 3 rings (SSSR count). The molecule has 2 aromatic rings. The molecule has 0 spiro atoms. The fourth-order valence-corrected chi connectivity index (χ4v) is 2.72. The normalized spacial score (nSPS) is 15.6. The Bertz CT molecular complexity index is 653. The van der Waals surface area contributed by atoms with Crippen LogP contribution in [0.4, 0.5) is 5.82 Å². The molecule has 1 saturated heterocycles. The zero-order valence-corrected chi connectivity index (χ0v) is 13.1. The lowest BCUT2D eigenvalue weighted by Gasteiger charge is -2.35. The summed E-state index contributed by atoms with van der Waals surface area (Å²) in [5, 5.41) is 0. The van der Waals surface area contributed by atoms with Crippen LogP contribution in [0.5, 0.6) is 0 Å². The summed E-state index contributed by atoms with van der Waals surface area (Å²) in [5.41, 5.74) is 7.25. The molecule has 0 bridgehead atoms. The zero-order chi connectivity index (χ0) is 16.1. The van der Waals surface area contributed by atoms with Crippen molar-refractivity contribution in [1.82, 2.24) is 14.9 Å². The van der Waals surface area contributed by atoms with Gasteiger partial charge in [-0.2, -0.15) is 0 Å². The topological polar surface area (TPSA) is 75.3 Å². The Morgan fingerprint density at radius 1 is 1.09 bits per heavy atom. The van der Waals surface area contributed by atoms with E-state index < -0.39 is 0 Å². The molecule has 1 aromatic heterocycles. The van der Waals surface area contributed by atoms with Gasteiger partial charge in [0.25, 0.3) is 0 Å². The molecule has 1 aromatic carbocycles. The first kappa shape index (κ1) is 15.6. The number of nitrogens with two attached hydrogens (primary N) is 1. The van der Waals surface area contributed by atoms with E-state index >= 15 is 0 Å². The lowest BCUT2D eigenvalue weighted by atomic mass is 10.1. The summed E-state index contributed by atoms with van der Waals surface area (Å²) in [5.74, 6) is 1.08. The van der Waals surface area contributed by atoms with Gasteiger partial charge in [-0.15, -0.1) is 0 Å². The van der Waals surface area contributed by atoms with E-state index in [0.717, 1.165) is 43.3 Å².